The highest BCUT2D eigenvalue weighted by molar-refractivity contribution is 14.1. The molecule has 3 aromatic rings. The number of thiazole rings is 1. The minimum atomic E-state index is -0.355. The quantitative estimate of drug-likeness (QED) is 0.576. The van der Waals surface area contributed by atoms with Gasteiger partial charge in [0.25, 0.3) is 0 Å². The van der Waals surface area contributed by atoms with Gasteiger partial charge < -0.3 is 10.2 Å². The van der Waals surface area contributed by atoms with Gasteiger partial charge >= 0.3 is 0 Å². The predicted molar refractivity (Wildman–Crippen MR) is 113 cm³/mol. The SMILES string of the molecule is Cc1nc2cc(N3CC(C(=O)Nc4ccccc4I)CC3=O)ccc2s1. The summed E-state index contributed by atoms with van der Waals surface area (Å²) in [4.78, 5) is 31.3. The Bertz CT molecular complexity index is 1020. The zero-order valence-electron chi connectivity index (χ0n) is 14.0. The summed E-state index contributed by atoms with van der Waals surface area (Å²) in [6.45, 7) is 2.36. The maximum atomic E-state index is 12.6. The molecule has 1 fully saturated rings. The third-order valence-electron chi connectivity index (χ3n) is 4.42. The number of carbonyl (C=O) groups is 2. The van der Waals surface area contributed by atoms with Crippen LogP contribution in [0.5, 0.6) is 0 Å². The highest BCUT2D eigenvalue weighted by Gasteiger charge is 2.35. The van der Waals surface area contributed by atoms with E-state index in [1.54, 1.807) is 16.2 Å². The van der Waals surface area contributed by atoms with Gasteiger partial charge in [0.05, 0.1) is 26.8 Å². The van der Waals surface area contributed by atoms with Gasteiger partial charge in [-0.3, -0.25) is 9.59 Å². The van der Waals surface area contributed by atoms with Crippen molar-refractivity contribution in [1.29, 1.82) is 0 Å². The Labute approximate surface area is 168 Å². The maximum Gasteiger partial charge on any atom is 0.229 e. The number of rotatable bonds is 3. The van der Waals surface area contributed by atoms with E-state index in [4.69, 9.17) is 0 Å². The molecule has 1 atom stereocenters. The molecular formula is C19H16IN3O2S. The fourth-order valence-corrected chi connectivity index (χ4v) is 4.46. The van der Waals surface area contributed by atoms with Crippen LogP contribution in [0.1, 0.15) is 11.4 Å². The van der Waals surface area contributed by atoms with Gasteiger partial charge in [-0.1, -0.05) is 12.1 Å². The molecule has 4 rings (SSSR count). The number of nitrogens with zero attached hydrogens (tertiary/aromatic N) is 2. The van der Waals surface area contributed by atoms with Gasteiger partial charge in [0, 0.05) is 22.2 Å². The highest BCUT2D eigenvalue weighted by atomic mass is 127. The van der Waals surface area contributed by atoms with Crippen molar-refractivity contribution in [1.82, 2.24) is 4.98 Å². The van der Waals surface area contributed by atoms with Crippen molar-refractivity contribution < 1.29 is 9.59 Å². The molecule has 1 unspecified atom stereocenters. The Morgan fingerprint density at radius 3 is 2.92 bits per heavy atom. The Kier molecular flexibility index (Phi) is 4.66. The third-order valence-corrected chi connectivity index (χ3v) is 6.31. The third kappa shape index (κ3) is 3.33. The van der Waals surface area contributed by atoms with Crippen molar-refractivity contribution in [2.24, 2.45) is 5.92 Å². The van der Waals surface area contributed by atoms with Crippen LogP contribution < -0.4 is 10.2 Å². The molecule has 2 aromatic carbocycles. The van der Waals surface area contributed by atoms with Gasteiger partial charge in [-0.15, -0.1) is 11.3 Å². The number of nitrogens with one attached hydrogen (secondary N) is 1. The monoisotopic (exact) mass is 477 g/mol. The molecule has 0 bridgehead atoms. The second kappa shape index (κ2) is 6.96. The lowest BCUT2D eigenvalue weighted by Gasteiger charge is -2.17. The van der Waals surface area contributed by atoms with Gasteiger partial charge in [0.1, 0.15) is 0 Å². The summed E-state index contributed by atoms with van der Waals surface area (Å²) in [5.74, 6) is -0.499. The van der Waals surface area contributed by atoms with Crippen LogP contribution in [-0.2, 0) is 9.59 Å². The molecule has 1 saturated heterocycles. The molecule has 1 N–H and O–H groups in total. The van der Waals surface area contributed by atoms with Crippen LogP contribution in [0.25, 0.3) is 10.2 Å². The number of aromatic nitrogens is 1. The van der Waals surface area contributed by atoms with Crippen LogP contribution >= 0.6 is 33.9 Å². The number of amides is 2. The molecule has 0 spiro atoms. The standard InChI is InChI=1S/C19H16IN3O2S/c1-11-21-16-9-13(6-7-17(16)26-11)23-10-12(8-18(23)24)19(25)22-15-5-3-2-4-14(15)20/h2-7,9,12H,8,10H2,1H3,(H,22,25). The zero-order valence-corrected chi connectivity index (χ0v) is 17.0. The average molecular weight is 477 g/mol. The van der Waals surface area contributed by atoms with E-state index in [0.717, 1.165) is 30.2 Å². The summed E-state index contributed by atoms with van der Waals surface area (Å²) in [7, 11) is 0. The van der Waals surface area contributed by atoms with Gasteiger partial charge in [-0.25, -0.2) is 4.98 Å². The first kappa shape index (κ1) is 17.4. The van der Waals surface area contributed by atoms with E-state index >= 15 is 0 Å². The largest absolute Gasteiger partial charge is 0.325 e. The van der Waals surface area contributed by atoms with E-state index in [-0.39, 0.29) is 24.2 Å². The van der Waals surface area contributed by atoms with Gasteiger partial charge in [-0.2, -0.15) is 0 Å². The van der Waals surface area contributed by atoms with Gasteiger partial charge in [0.15, 0.2) is 0 Å². The summed E-state index contributed by atoms with van der Waals surface area (Å²) in [6, 6.07) is 13.5. The average Bonchev–Trinajstić information content (AvgIpc) is 3.18. The molecular weight excluding hydrogens is 461 g/mol. The van der Waals surface area contributed by atoms with Crippen LogP contribution in [0.3, 0.4) is 0 Å². The maximum absolute atomic E-state index is 12.6. The Hall–Kier alpha value is -2.00. The molecule has 5 nitrogen and oxygen atoms in total. The van der Waals surface area contributed by atoms with Crippen LogP contribution in [0.2, 0.25) is 0 Å². The van der Waals surface area contributed by atoms with Crippen molar-refractivity contribution in [2.45, 2.75) is 13.3 Å². The summed E-state index contributed by atoms with van der Waals surface area (Å²) in [5, 5.41) is 3.94. The van der Waals surface area contributed by atoms with Crippen LogP contribution in [-0.4, -0.2) is 23.3 Å². The smallest absolute Gasteiger partial charge is 0.229 e. The van der Waals surface area contributed by atoms with E-state index in [2.05, 4.69) is 32.9 Å². The highest BCUT2D eigenvalue weighted by Crippen LogP contribution is 2.31. The minimum absolute atomic E-state index is 0.0285. The van der Waals surface area contributed by atoms with E-state index in [1.807, 2.05) is 49.4 Å². The van der Waals surface area contributed by atoms with Crippen LogP contribution in [0.15, 0.2) is 42.5 Å². The zero-order chi connectivity index (χ0) is 18.3. The number of anilines is 2. The Balaban J connectivity index is 1.52. The first-order valence-corrected chi connectivity index (χ1v) is 10.1. The van der Waals surface area contributed by atoms with E-state index in [9.17, 15) is 9.59 Å². The summed E-state index contributed by atoms with van der Waals surface area (Å²) in [5.41, 5.74) is 2.48. The van der Waals surface area contributed by atoms with E-state index in [1.165, 1.54) is 0 Å². The number of benzene rings is 2. The van der Waals surface area contributed by atoms with Crippen LogP contribution in [0.4, 0.5) is 11.4 Å². The second-order valence-corrected chi connectivity index (χ2v) is 8.66. The summed E-state index contributed by atoms with van der Waals surface area (Å²) < 4.78 is 2.08. The lowest BCUT2D eigenvalue weighted by Crippen LogP contribution is -2.28. The molecule has 0 aliphatic carbocycles. The number of hydrogen-bond acceptors (Lipinski definition) is 4. The number of halogens is 1. The molecule has 2 amide bonds. The Morgan fingerprint density at radius 1 is 1.31 bits per heavy atom. The van der Waals surface area contributed by atoms with Crippen molar-refractivity contribution in [3.05, 3.63) is 51.0 Å². The molecule has 132 valence electrons. The van der Waals surface area contributed by atoms with E-state index in [0.29, 0.717) is 6.54 Å². The summed E-state index contributed by atoms with van der Waals surface area (Å²) >= 11 is 3.82. The van der Waals surface area contributed by atoms with Gasteiger partial charge in [-0.05, 0) is 59.8 Å². The molecule has 1 aromatic heterocycles. The lowest BCUT2D eigenvalue weighted by atomic mass is 10.1. The predicted octanol–water partition coefficient (Wildman–Crippen LogP) is 4.20. The molecule has 0 saturated carbocycles. The topological polar surface area (TPSA) is 62.3 Å². The molecule has 0 radical (unpaired) electrons. The van der Waals surface area contributed by atoms with Gasteiger partial charge in [0.2, 0.25) is 11.8 Å². The van der Waals surface area contributed by atoms with E-state index < -0.39 is 0 Å². The lowest BCUT2D eigenvalue weighted by molar-refractivity contribution is -0.122. The number of para-hydroxylation sites is 1. The first-order chi connectivity index (χ1) is 12.5. The Morgan fingerprint density at radius 2 is 2.12 bits per heavy atom. The molecule has 7 heteroatoms. The fraction of sp³-hybridized carbons (Fsp3) is 0.211. The molecule has 2 heterocycles. The molecule has 1 aliphatic rings. The van der Waals surface area contributed by atoms with Crippen molar-refractivity contribution in [3.63, 3.8) is 0 Å². The summed E-state index contributed by atoms with van der Waals surface area (Å²) in [6.07, 6.45) is 0.226. The molecule has 26 heavy (non-hydrogen) atoms. The molecule has 1 aliphatic heterocycles. The second-order valence-electron chi connectivity index (χ2n) is 6.26. The van der Waals surface area contributed by atoms with Crippen molar-refractivity contribution in [3.8, 4) is 0 Å². The number of aryl methyl sites for hydroxylation is 1. The first-order valence-electron chi connectivity index (χ1n) is 8.24. The van der Waals surface area contributed by atoms with Crippen molar-refractivity contribution >= 4 is 67.3 Å². The number of hydrogen-bond donors (Lipinski definition) is 1. The normalized spacial score (nSPS) is 17.1. The van der Waals surface area contributed by atoms with Crippen molar-refractivity contribution in [2.75, 3.05) is 16.8 Å². The number of carbonyl (C=O) groups excluding carboxylic acids is 2. The fourth-order valence-electron chi connectivity index (χ4n) is 3.13. The minimum Gasteiger partial charge on any atom is -0.325 e. The number of fused-ring (bicyclic) bond motifs is 1. The van der Waals surface area contributed by atoms with Crippen LogP contribution in [0, 0.1) is 16.4 Å².